The molecule has 0 unspecified atom stereocenters. The predicted octanol–water partition coefficient (Wildman–Crippen LogP) is 1.36. The van der Waals surface area contributed by atoms with Gasteiger partial charge in [0.1, 0.15) is 6.42 Å². The molecule has 0 atom stereocenters. The number of hydrogen-bond donors (Lipinski definition) is 1. The van der Waals surface area contributed by atoms with Crippen LogP contribution >= 0.6 is 0 Å². The van der Waals surface area contributed by atoms with E-state index in [1.165, 1.54) is 12.3 Å². The largest absolute Gasteiger partial charge is 0.481 e. The number of aryl methyl sites for hydroxylation is 1. The molecule has 1 aromatic rings. The van der Waals surface area contributed by atoms with Crippen LogP contribution < -0.4 is 0 Å². The zero-order chi connectivity index (χ0) is 10.6. The quantitative estimate of drug-likeness (QED) is 0.541. The molecule has 0 spiro atoms. The summed E-state index contributed by atoms with van der Waals surface area (Å²) in [4.78, 5) is 13.6. The standard InChI is InChI=1S/C10H8FNO2/c1-7-5-9(11)12-6-8(7)3-2-4-10(13)14/h5-6H,4H2,1H3,(H,13,14). The van der Waals surface area contributed by atoms with Crippen molar-refractivity contribution in [2.75, 3.05) is 0 Å². The monoisotopic (exact) mass is 193 g/mol. The van der Waals surface area contributed by atoms with Crippen molar-refractivity contribution >= 4 is 5.97 Å². The Morgan fingerprint density at radius 3 is 3.00 bits per heavy atom. The number of pyridine rings is 1. The van der Waals surface area contributed by atoms with Crippen LogP contribution in [-0.4, -0.2) is 16.1 Å². The topological polar surface area (TPSA) is 50.2 Å². The Bertz CT molecular complexity index is 418. The zero-order valence-electron chi connectivity index (χ0n) is 7.54. The summed E-state index contributed by atoms with van der Waals surface area (Å²) in [5.74, 6) is 3.52. The Balaban J connectivity index is 2.85. The third-order valence-corrected chi connectivity index (χ3v) is 1.54. The van der Waals surface area contributed by atoms with E-state index in [0.29, 0.717) is 11.1 Å². The van der Waals surface area contributed by atoms with Crippen molar-refractivity contribution in [3.63, 3.8) is 0 Å². The summed E-state index contributed by atoms with van der Waals surface area (Å²) in [6, 6.07) is 1.25. The lowest BCUT2D eigenvalue weighted by molar-refractivity contribution is -0.135. The molecule has 0 saturated heterocycles. The van der Waals surface area contributed by atoms with Crippen molar-refractivity contribution in [2.45, 2.75) is 13.3 Å². The number of halogens is 1. The van der Waals surface area contributed by atoms with Gasteiger partial charge in [-0.25, -0.2) is 4.98 Å². The second kappa shape index (κ2) is 4.38. The second-order valence-electron chi connectivity index (χ2n) is 2.69. The highest BCUT2D eigenvalue weighted by Crippen LogP contribution is 2.05. The van der Waals surface area contributed by atoms with Gasteiger partial charge in [-0.1, -0.05) is 11.8 Å². The molecule has 1 rings (SSSR count). The van der Waals surface area contributed by atoms with Crippen molar-refractivity contribution in [1.82, 2.24) is 4.98 Å². The van der Waals surface area contributed by atoms with Gasteiger partial charge in [0.15, 0.2) is 0 Å². The van der Waals surface area contributed by atoms with Gasteiger partial charge in [-0.05, 0) is 18.6 Å². The Morgan fingerprint density at radius 1 is 1.71 bits per heavy atom. The van der Waals surface area contributed by atoms with Crippen molar-refractivity contribution < 1.29 is 14.3 Å². The van der Waals surface area contributed by atoms with Gasteiger partial charge < -0.3 is 5.11 Å². The number of aliphatic carboxylic acids is 1. The van der Waals surface area contributed by atoms with Crippen molar-refractivity contribution in [3.8, 4) is 11.8 Å². The molecule has 0 aliphatic heterocycles. The predicted molar refractivity (Wildman–Crippen MR) is 48.1 cm³/mol. The molecule has 0 aliphatic carbocycles. The lowest BCUT2D eigenvalue weighted by Crippen LogP contribution is -1.92. The van der Waals surface area contributed by atoms with E-state index >= 15 is 0 Å². The number of carboxylic acids is 1. The Hall–Kier alpha value is -1.89. The first-order valence-corrected chi connectivity index (χ1v) is 3.92. The number of aromatic nitrogens is 1. The molecule has 0 bridgehead atoms. The molecule has 1 aromatic heterocycles. The van der Waals surface area contributed by atoms with Crippen LogP contribution in [0.25, 0.3) is 0 Å². The summed E-state index contributed by atoms with van der Waals surface area (Å²) >= 11 is 0. The van der Waals surface area contributed by atoms with E-state index in [1.807, 2.05) is 0 Å². The van der Waals surface area contributed by atoms with Gasteiger partial charge >= 0.3 is 5.97 Å². The highest BCUT2D eigenvalue weighted by molar-refractivity contribution is 5.70. The minimum atomic E-state index is -0.981. The normalized spacial score (nSPS) is 9.00. The summed E-state index contributed by atoms with van der Waals surface area (Å²) < 4.78 is 12.5. The van der Waals surface area contributed by atoms with Crippen molar-refractivity contribution in [1.29, 1.82) is 0 Å². The summed E-state index contributed by atoms with van der Waals surface area (Å²) in [6.45, 7) is 1.69. The van der Waals surface area contributed by atoms with Crippen molar-refractivity contribution in [3.05, 3.63) is 29.3 Å². The van der Waals surface area contributed by atoms with E-state index in [-0.39, 0.29) is 6.42 Å². The fourth-order valence-electron chi connectivity index (χ4n) is 0.868. The third kappa shape index (κ3) is 2.87. The van der Waals surface area contributed by atoms with Gasteiger partial charge in [0, 0.05) is 11.8 Å². The first kappa shape index (κ1) is 10.2. The van der Waals surface area contributed by atoms with E-state index in [9.17, 15) is 9.18 Å². The molecule has 0 aromatic carbocycles. The van der Waals surface area contributed by atoms with Crippen LogP contribution in [0.4, 0.5) is 4.39 Å². The van der Waals surface area contributed by atoms with Crippen LogP contribution in [0.5, 0.6) is 0 Å². The van der Waals surface area contributed by atoms with E-state index in [4.69, 9.17) is 5.11 Å². The average Bonchev–Trinajstić information content (AvgIpc) is 2.08. The van der Waals surface area contributed by atoms with E-state index in [2.05, 4.69) is 16.8 Å². The van der Waals surface area contributed by atoms with Gasteiger partial charge in [-0.3, -0.25) is 4.79 Å². The maximum atomic E-state index is 12.5. The molecule has 4 heteroatoms. The lowest BCUT2D eigenvalue weighted by Gasteiger charge is -1.95. The molecule has 1 N–H and O–H groups in total. The highest BCUT2D eigenvalue weighted by Gasteiger charge is 1.97. The van der Waals surface area contributed by atoms with E-state index < -0.39 is 11.9 Å². The molecular weight excluding hydrogens is 185 g/mol. The van der Waals surface area contributed by atoms with E-state index in [0.717, 1.165) is 0 Å². The van der Waals surface area contributed by atoms with Crippen LogP contribution in [-0.2, 0) is 4.79 Å². The van der Waals surface area contributed by atoms with Crippen LogP contribution in [0.2, 0.25) is 0 Å². The SMILES string of the molecule is Cc1cc(F)ncc1C#CCC(=O)O. The van der Waals surface area contributed by atoms with Gasteiger partial charge in [0.05, 0.1) is 0 Å². The minimum absolute atomic E-state index is 0.225. The number of carbonyl (C=O) groups is 1. The second-order valence-corrected chi connectivity index (χ2v) is 2.69. The fourth-order valence-corrected chi connectivity index (χ4v) is 0.868. The van der Waals surface area contributed by atoms with Gasteiger partial charge in [-0.2, -0.15) is 4.39 Å². The first-order chi connectivity index (χ1) is 6.59. The molecular formula is C10H8FNO2. The third-order valence-electron chi connectivity index (χ3n) is 1.54. The minimum Gasteiger partial charge on any atom is -0.481 e. The molecule has 0 amide bonds. The van der Waals surface area contributed by atoms with Crippen LogP contribution in [0, 0.1) is 24.7 Å². The summed E-state index contributed by atoms with van der Waals surface area (Å²) in [5.41, 5.74) is 1.20. The number of nitrogens with zero attached hydrogens (tertiary/aromatic N) is 1. The average molecular weight is 193 g/mol. The number of carboxylic acid groups (broad SMARTS) is 1. The van der Waals surface area contributed by atoms with Gasteiger partial charge in [0.2, 0.25) is 5.95 Å². The molecule has 0 radical (unpaired) electrons. The van der Waals surface area contributed by atoms with Crippen LogP contribution in [0.3, 0.4) is 0 Å². The molecule has 0 saturated carbocycles. The molecule has 0 aliphatic rings. The Labute approximate surface area is 80.6 Å². The van der Waals surface area contributed by atoms with Gasteiger partial charge in [-0.15, -0.1) is 0 Å². The maximum absolute atomic E-state index is 12.5. The maximum Gasteiger partial charge on any atom is 0.315 e. The number of hydrogen-bond acceptors (Lipinski definition) is 2. The first-order valence-electron chi connectivity index (χ1n) is 3.92. The highest BCUT2D eigenvalue weighted by atomic mass is 19.1. The molecule has 72 valence electrons. The zero-order valence-corrected chi connectivity index (χ0v) is 7.54. The molecule has 3 nitrogen and oxygen atoms in total. The summed E-state index contributed by atoms with van der Waals surface area (Å²) in [6.07, 6.45) is 1.07. The smallest absolute Gasteiger partial charge is 0.315 e. The molecule has 14 heavy (non-hydrogen) atoms. The number of rotatable bonds is 1. The molecule has 0 fully saturated rings. The lowest BCUT2D eigenvalue weighted by atomic mass is 10.1. The van der Waals surface area contributed by atoms with Crippen molar-refractivity contribution in [2.24, 2.45) is 0 Å². The fraction of sp³-hybridized carbons (Fsp3) is 0.200. The summed E-state index contributed by atoms with van der Waals surface area (Å²) in [7, 11) is 0. The Kier molecular flexibility index (Phi) is 3.19. The Morgan fingerprint density at radius 2 is 2.43 bits per heavy atom. The van der Waals surface area contributed by atoms with Gasteiger partial charge in [0.25, 0.3) is 0 Å². The summed E-state index contributed by atoms with van der Waals surface area (Å²) in [5, 5.41) is 8.33. The van der Waals surface area contributed by atoms with Crippen LogP contribution in [0.15, 0.2) is 12.3 Å². The van der Waals surface area contributed by atoms with Crippen LogP contribution in [0.1, 0.15) is 17.5 Å². The molecule has 1 heterocycles. The van der Waals surface area contributed by atoms with E-state index in [1.54, 1.807) is 6.92 Å².